The number of rotatable bonds is 3. The van der Waals surface area contributed by atoms with Crippen LogP contribution in [0.1, 0.15) is 26.7 Å². The number of nitriles is 2. The second kappa shape index (κ2) is 7.19. The van der Waals surface area contributed by atoms with Crippen LogP contribution in [0.4, 0.5) is 10.1 Å². The van der Waals surface area contributed by atoms with E-state index >= 15 is 0 Å². The number of Topliss-reactive ketones (excluding diaryl/α,β-unsaturated/α-hetero) is 1. The maximum Gasteiger partial charge on any atom is 0.186 e. The standard InChI is InChI=1S/C25H16FN3OS/c26-18-10-7-17(8-11-18)24(30)23-22(20-6-3-13-31-20)25(14-27,15-28)21-12-9-16-4-1-2-5-19(16)29(21)23/h1-13,21-23H/t21-,22-,23+/m1/s1. The average molecular weight is 425 g/mol. The van der Waals surface area contributed by atoms with E-state index in [4.69, 9.17) is 0 Å². The van der Waals surface area contributed by atoms with E-state index in [9.17, 15) is 19.7 Å². The van der Waals surface area contributed by atoms with Crippen LogP contribution in [0, 0.1) is 33.9 Å². The predicted molar refractivity (Wildman–Crippen MR) is 117 cm³/mol. The Balaban J connectivity index is 1.77. The number of hydrogen-bond donors (Lipinski definition) is 0. The largest absolute Gasteiger partial charge is 0.351 e. The number of nitrogens with zero attached hydrogens (tertiary/aromatic N) is 3. The van der Waals surface area contributed by atoms with Crippen molar-refractivity contribution >= 4 is 28.9 Å². The Kier molecular flexibility index (Phi) is 4.46. The van der Waals surface area contributed by atoms with Crippen LogP contribution >= 0.6 is 11.3 Å². The van der Waals surface area contributed by atoms with Gasteiger partial charge in [-0.2, -0.15) is 10.5 Å². The first-order valence-electron chi connectivity index (χ1n) is 9.82. The van der Waals surface area contributed by atoms with Crippen LogP contribution < -0.4 is 4.90 Å². The van der Waals surface area contributed by atoms with Gasteiger partial charge in [-0.05, 0) is 47.3 Å². The Bertz CT molecular complexity index is 1250. The molecule has 150 valence electrons. The highest BCUT2D eigenvalue weighted by molar-refractivity contribution is 7.10. The fourth-order valence-corrected chi connectivity index (χ4v) is 5.73. The van der Waals surface area contributed by atoms with Gasteiger partial charge in [0.2, 0.25) is 0 Å². The third-order valence-corrected chi connectivity index (χ3v) is 7.12. The summed E-state index contributed by atoms with van der Waals surface area (Å²) < 4.78 is 13.5. The first-order chi connectivity index (χ1) is 15.1. The number of anilines is 1. The van der Waals surface area contributed by atoms with Crippen molar-refractivity contribution < 1.29 is 9.18 Å². The highest BCUT2D eigenvalue weighted by atomic mass is 32.1. The number of benzene rings is 2. The number of hydrogen-bond acceptors (Lipinski definition) is 5. The molecule has 3 atom stereocenters. The van der Waals surface area contributed by atoms with Crippen LogP contribution in [0.15, 0.2) is 72.1 Å². The van der Waals surface area contributed by atoms with Gasteiger partial charge in [0.25, 0.3) is 0 Å². The van der Waals surface area contributed by atoms with Crippen LogP contribution in [0.3, 0.4) is 0 Å². The minimum Gasteiger partial charge on any atom is -0.351 e. The van der Waals surface area contributed by atoms with Gasteiger partial charge in [-0.25, -0.2) is 4.39 Å². The number of thiophene rings is 1. The molecule has 2 aromatic carbocycles. The second-order valence-corrected chi connectivity index (χ2v) is 8.65. The van der Waals surface area contributed by atoms with E-state index in [2.05, 4.69) is 12.1 Å². The zero-order chi connectivity index (χ0) is 21.6. The third-order valence-electron chi connectivity index (χ3n) is 6.16. The van der Waals surface area contributed by atoms with Crippen LogP contribution in [0.2, 0.25) is 0 Å². The molecule has 0 unspecified atom stereocenters. The van der Waals surface area contributed by atoms with E-state index in [1.165, 1.54) is 35.6 Å². The number of fused-ring (bicyclic) bond motifs is 3. The molecular formula is C25H16FN3OS. The fraction of sp³-hybridized carbons (Fsp3) is 0.160. The molecule has 5 rings (SSSR count). The summed E-state index contributed by atoms with van der Waals surface area (Å²) in [5, 5.41) is 22.5. The number of para-hydroxylation sites is 1. The number of ketones is 1. The Hall–Kier alpha value is -3.74. The normalized spacial score (nSPS) is 22.8. The van der Waals surface area contributed by atoms with Crippen LogP contribution in [-0.4, -0.2) is 17.9 Å². The molecule has 6 heteroatoms. The smallest absolute Gasteiger partial charge is 0.186 e. The summed E-state index contributed by atoms with van der Waals surface area (Å²) in [7, 11) is 0. The van der Waals surface area contributed by atoms with Gasteiger partial charge < -0.3 is 4.90 Å². The van der Waals surface area contributed by atoms with Gasteiger partial charge in [0.15, 0.2) is 11.2 Å². The highest BCUT2D eigenvalue weighted by Crippen LogP contribution is 2.56. The summed E-state index contributed by atoms with van der Waals surface area (Å²) in [6.45, 7) is 0. The van der Waals surface area contributed by atoms with Crippen molar-refractivity contribution in [2.24, 2.45) is 5.41 Å². The first-order valence-corrected chi connectivity index (χ1v) is 10.7. The van der Waals surface area contributed by atoms with Crippen molar-refractivity contribution in [3.8, 4) is 12.1 Å². The zero-order valence-electron chi connectivity index (χ0n) is 16.3. The van der Waals surface area contributed by atoms with E-state index in [1.54, 1.807) is 0 Å². The monoisotopic (exact) mass is 425 g/mol. The van der Waals surface area contributed by atoms with Crippen LogP contribution in [0.5, 0.6) is 0 Å². The predicted octanol–water partition coefficient (Wildman–Crippen LogP) is 5.17. The minimum absolute atomic E-state index is 0.235. The Morgan fingerprint density at radius 1 is 1.03 bits per heavy atom. The Morgan fingerprint density at radius 3 is 2.45 bits per heavy atom. The SMILES string of the molecule is N#CC1(C#N)[C@H](c2cccs2)[C@@H](C(=O)c2ccc(F)cc2)N2c3ccccc3C=C[C@@H]21. The van der Waals surface area contributed by atoms with Crippen molar-refractivity contribution in [1.29, 1.82) is 10.5 Å². The van der Waals surface area contributed by atoms with Gasteiger partial charge in [0.1, 0.15) is 11.9 Å². The van der Waals surface area contributed by atoms with E-state index in [0.29, 0.717) is 5.56 Å². The van der Waals surface area contributed by atoms with Gasteiger partial charge in [-0.15, -0.1) is 11.3 Å². The van der Waals surface area contributed by atoms with Crippen LogP contribution in [0.25, 0.3) is 6.08 Å². The van der Waals surface area contributed by atoms with Crippen molar-refractivity contribution in [2.75, 3.05) is 4.90 Å². The zero-order valence-corrected chi connectivity index (χ0v) is 17.1. The Morgan fingerprint density at radius 2 is 1.77 bits per heavy atom. The topological polar surface area (TPSA) is 67.9 Å². The second-order valence-electron chi connectivity index (χ2n) is 7.67. The molecule has 31 heavy (non-hydrogen) atoms. The third kappa shape index (κ3) is 2.73. The molecule has 0 amide bonds. The lowest BCUT2D eigenvalue weighted by atomic mass is 9.71. The lowest BCUT2D eigenvalue weighted by Crippen LogP contribution is -2.44. The van der Waals surface area contributed by atoms with Crippen LogP contribution in [-0.2, 0) is 0 Å². The molecule has 1 saturated heterocycles. The molecular weight excluding hydrogens is 409 g/mol. The van der Waals surface area contributed by atoms with Gasteiger partial charge in [-0.3, -0.25) is 4.79 Å². The summed E-state index contributed by atoms with van der Waals surface area (Å²) in [6, 6.07) is 20.0. The number of halogens is 1. The number of carbonyl (C=O) groups is 1. The maximum atomic E-state index is 13.8. The molecule has 0 saturated carbocycles. The van der Waals surface area contributed by atoms with Crippen molar-refractivity contribution in [3.63, 3.8) is 0 Å². The summed E-state index contributed by atoms with van der Waals surface area (Å²) >= 11 is 1.43. The van der Waals surface area contributed by atoms with Crippen molar-refractivity contribution in [1.82, 2.24) is 0 Å². The molecule has 3 heterocycles. The average Bonchev–Trinajstić information content (AvgIpc) is 3.43. The lowest BCUT2D eigenvalue weighted by Gasteiger charge is -2.35. The summed E-state index contributed by atoms with van der Waals surface area (Å²) in [5.41, 5.74) is 0.636. The van der Waals surface area contributed by atoms with E-state index < -0.39 is 29.2 Å². The van der Waals surface area contributed by atoms with Gasteiger partial charge in [-0.1, -0.05) is 36.4 Å². The van der Waals surface area contributed by atoms with Crippen molar-refractivity contribution in [3.05, 3.63) is 93.9 Å². The molecule has 2 aliphatic rings. The molecule has 2 aliphatic heterocycles. The highest BCUT2D eigenvalue weighted by Gasteiger charge is 2.63. The van der Waals surface area contributed by atoms with E-state index in [0.717, 1.165) is 16.1 Å². The Labute approximate surface area is 183 Å². The summed E-state index contributed by atoms with van der Waals surface area (Å²) in [4.78, 5) is 16.6. The van der Waals surface area contributed by atoms with E-state index in [1.807, 2.05) is 58.8 Å². The molecule has 0 N–H and O–H groups in total. The molecule has 1 fully saturated rings. The summed E-state index contributed by atoms with van der Waals surface area (Å²) in [5.74, 6) is -1.31. The number of carbonyl (C=O) groups excluding carboxylic acids is 1. The molecule has 4 nitrogen and oxygen atoms in total. The molecule has 1 aromatic heterocycles. The molecule has 0 radical (unpaired) electrons. The van der Waals surface area contributed by atoms with Gasteiger partial charge in [0, 0.05) is 16.1 Å². The van der Waals surface area contributed by atoms with E-state index in [-0.39, 0.29) is 5.78 Å². The maximum absolute atomic E-state index is 13.8. The molecule has 0 bridgehead atoms. The van der Waals surface area contributed by atoms with Crippen molar-refractivity contribution in [2.45, 2.75) is 18.0 Å². The molecule has 0 spiro atoms. The quantitative estimate of drug-likeness (QED) is 0.543. The molecule has 3 aromatic rings. The van der Waals surface area contributed by atoms with Gasteiger partial charge in [0.05, 0.1) is 24.1 Å². The fourth-order valence-electron chi connectivity index (χ4n) is 4.80. The lowest BCUT2D eigenvalue weighted by molar-refractivity contribution is 0.0951. The summed E-state index contributed by atoms with van der Waals surface area (Å²) in [6.07, 6.45) is 3.77. The van der Waals surface area contributed by atoms with Gasteiger partial charge >= 0.3 is 0 Å². The molecule has 0 aliphatic carbocycles. The first kappa shape index (κ1) is 19.2. The minimum atomic E-state index is -1.45.